The highest BCUT2D eigenvalue weighted by atomic mass is 16.5. The van der Waals surface area contributed by atoms with Crippen molar-refractivity contribution in [2.24, 2.45) is 0 Å². The molecule has 1 N–H and O–H groups in total. The van der Waals surface area contributed by atoms with Gasteiger partial charge in [0.15, 0.2) is 0 Å². The molecule has 0 atom stereocenters. The fourth-order valence-electron chi connectivity index (χ4n) is 1.30. The van der Waals surface area contributed by atoms with Crippen molar-refractivity contribution in [1.29, 1.82) is 0 Å². The quantitative estimate of drug-likeness (QED) is 0.619. The molecule has 1 amide bonds. The topological polar surface area (TPSA) is 64.6 Å². The van der Waals surface area contributed by atoms with Crippen LogP contribution in [0.1, 0.15) is 18.4 Å². The van der Waals surface area contributed by atoms with Crippen molar-refractivity contribution in [3.8, 4) is 0 Å². The van der Waals surface area contributed by atoms with Crippen LogP contribution in [-0.4, -0.2) is 25.7 Å². The van der Waals surface area contributed by atoms with Crippen molar-refractivity contribution in [3.05, 3.63) is 35.9 Å². The van der Waals surface area contributed by atoms with E-state index in [4.69, 9.17) is 4.74 Å². The Morgan fingerprint density at radius 2 is 1.94 bits per heavy atom. The molecule has 5 heteroatoms. The normalized spacial score (nSPS) is 9.61. The summed E-state index contributed by atoms with van der Waals surface area (Å²) in [5.41, 5.74) is 0.933. The highest BCUT2D eigenvalue weighted by Crippen LogP contribution is 2.00. The molecule has 5 nitrogen and oxygen atoms in total. The molecule has 0 aliphatic carbocycles. The molecule has 0 aliphatic rings. The van der Waals surface area contributed by atoms with E-state index < -0.39 is 6.09 Å². The average Bonchev–Trinajstić information content (AvgIpc) is 2.42. The molecule has 0 bridgehead atoms. The summed E-state index contributed by atoms with van der Waals surface area (Å²) in [6, 6.07) is 9.42. The number of carbonyl (C=O) groups is 2. The van der Waals surface area contributed by atoms with E-state index in [9.17, 15) is 9.59 Å². The summed E-state index contributed by atoms with van der Waals surface area (Å²) in [5, 5.41) is 2.56. The summed E-state index contributed by atoms with van der Waals surface area (Å²) in [4.78, 5) is 22.1. The molecule has 1 rings (SSSR count). The Morgan fingerprint density at radius 3 is 2.61 bits per heavy atom. The number of benzene rings is 1. The Hall–Kier alpha value is -2.04. The van der Waals surface area contributed by atoms with Gasteiger partial charge < -0.3 is 14.8 Å². The molecule has 0 saturated heterocycles. The summed E-state index contributed by atoms with van der Waals surface area (Å²) in [6.45, 7) is 0.631. The molecule has 18 heavy (non-hydrogen) atoms. The highest BCUT2D eigenvalue weighted by Gasteiger charge is 2.03. The van der Waals surface area contributed by atoms with Crippen LogP contribution < -0.4 is 5.32 Å². The molecule has 0 saturated carbocycles. The number of carbonyl (C=O) groups excluding carboxylic acids is 2. The van der Waals surface area contributed by atoms with Crippen molar-refractivity contribution in [1.82, 2.24) is 5.32 Å². The van der Waals surface area contributed by atoms with Gasteiger partial charge in [0.05, 0.1) is 7.11 Å². The van der Waals surface area contributed by atoms with Crippen LogP contribution in [0.4, 0.5) is 4.79 Å². The van der Waals surface area contributed by atoms with Gasteiger partial charge in [0.25, 0.3) is 0 Å². The van der Waals surface area contributed by atoms with Crippen LogP contribution in [0.25, 0.3) is 0 Å². The first-order valence-electron chi connectivity index (χ1n) is 5.73. The number of hydrogen-bond acceptors (Lipinski definition) is 4. The van der Waals surface area contributed by atoms with Gasteiger partial charge >= 0.3 is 12.1 Å². The first-order valence-corrected chi connectivity index (χ1v) is 5.73. The number of esters is 1. The van der Waals surface area contributed by atoms with Crippen LogP contribution in [0.5, 0.6) is 0 Å². The van der Waals surface area contributed by atoms with Gasteiger partial charge in [-0.1, -0.05) is 30.3 Å². The van der Waals surface area contributed by atoms with Crippen LogP contribution in [0, 0.1) is 0 Å². The summed E-state index contributed by atoms with van der Waals surface area (Å²) in [7, 11) is 1.34. The van der Waals surface area contributed by atoms with Crippen molar-refractivity contribution < 1.29 is 19.1 Å². The number of nitrogens with one attached hydrogen (secondary N) is 1. The van der Waals surface area contributed by atoms with Crippen LogP contribution in [0.2, 0.25) is 0 Å². The molecule has 0 unspecified atom stereocenters. The van der Waals surface area contributed by atoms with E-state index in [1.807, 2.05) is 30.3 Å². The van der Waals surface area contributed by atoms with Crippen molar-refractivity contribution in [2.75, 3.05) is 13.7 Å². The van der Waals surface area contributed by atoms with Crippen molar-refractivity contribution >= 4 is 12.1 Å². The fraction of sp³-hybridized carbons (Fsp3) is 0.385. The predicted molar refractivity (Wildman–Crippen MR) is 65.9 cm³/mol. The van der Waals surface area contributed by atoms with E-state index in [1.165, 1.54) is 7.11 Å². The number of rotatable bonds is 6. The van der Waals surface area contributed by atoms with Crippen LogP contribution in [-0.2, 0) is 20.9 Å². The lowest BCUT2D eigenvalue weighted by Gasteiger charge is -2.06. The lowest BCUT2D eigenvalue weighted by atomic mass is 10.2. The summed E-state index contributed by atoms with van der Waals surface area (Å²) >= 11 is 0. The summed E-state index contributed by atoms with van der Waals surface area (Å²) in [6.07, 6.45) is 0.339. The molecular weight excluding hydrogens is 234 g/mol. The molecule has 1 aromatic carbocycles. The van der Waals surface area contributed by atoms with Gasteiger partial charge in [-0.25, -0.2) is 4.79 Å². The smallest absolute Gasteiger partial charge is 0.407 e. The number of alkyl carbamates (subject to hydrolysis) is 1. The van der Waals surface area contributed by atoms with E-state index in [0.29, 0.717) is 13.0 Å². The van der Waals surface area contributed by atoms with E-state index in [-0.39, 0.29) is 19.0 Å². The van der Waals surface area contributed by atoms with Gasteiger partial charge in [-0.15, -0.1) is 0 Å². The maximum absolute atomic E-state index is 11.3. The SMILES string of the molecule is COC(=O)CCCNC(=O)OCc1ccccc1. The Morgan fingerprint density at radius 1 is 1.22 bits per heavy atom. The zero-order chi connectivity index (χ0) is 13.2. The molecule has 0 aromatic heterocycles. The molecule has 1 aromatic rings. The largest absolute Gasteiger partial charge is 0.469 e. The van der Waals surface area contributed by atoms with E-state index >= 15 is 0 Å². The number of methoxy groups -OCH3 is 1. The minimum absolute atomic E-state index is 0.240. The van der Waals surface area contributed by atoms with Crippen LogP contribution in [0.3, 0.4) is 0 Å². The van der Waals surface area contributed by atoms with Crippen LogP contribution >= 0.6 is 0 Å². The highest BCUT2D eigenvalue weighted by molar-refractivity contribution is 5.69. The molecular formula is C13H17NO4. The molecule has 0 heterocycles. The predicted octanol–water partition coefficient (Wildman–Crippen LogP) is 1.87. The third-order valence-corrected chi connectivity index (χ3v) is 2.27. The zero-order valence-corrected chi connectivity index (χ0v) is 10.3. The first kappa shape index (κ1) is 14.0. The van der Waals surface area contributed by atoms with E-state index in [2.05, 4.69) is 10.1 Å². The lowest BCUT2D eigenvalue weighted by Crippen LogP contribution is -2.25. The number of ether oxygens (including phenoxy) is 2. The summed E-state index contributed by atoms with van der Waals surface area (Å²) in [5.74, 6) is -0.283. The van der Waals surface area contributed by atoms with E-state index in [1.54, 1.807) is 0 Å². The maximum Gasteiger partial charge on any atom is 0.407 e. The fourth-order valence-corrected chi connectivity index (χ4v) is 1.30. The minimum atomic E-state index is -0.483. The molecule has 98 valence electrons. The Labute approximate surface area is 106 Å². The second-order valence-corrected chi connectivity index (χ2v) is 3.67. The first-order chi connectivity index (χ1) is 8.72. The number of hydrogen-bond donors (Lipinski definition) is 1. The monoisotopic (exact) mass is 251 g/mol. The zero-order valence-electron chi connectivity index (χ0n) is 10.3. The van der Waals surface area contributed by atoms with Gasteiger partial charge in [0.2, 0.25) is 0 Å². The standard InChI is InChI=1S/C13H17NO4/c1-17-12(15)8-5-9-14-13(16)18-10-11-6-3-2-4-7-11/h2-4,6-7H,5,8-10H2,1H3,(H,14,16). The Bertz CT molecular complexity index is 378. The third kappa shape index (κ3) is 5.89. The second-order valence-electron chi connectivity index (χ2n) is 3.67. The Balaban J connectivity index is 2.09. The molecule has 0 spiro atoms. The molecule has 0 radical (unpaired) electrons. The Kier molecular flexibility index (Phi) is 6.32. The number of amides is 1. The van der Waals surface area contributed by atoms with Crippen molar-refractivity contribution in [2.45, 2.75) is 19.4 Å². The molecule has 0 aliphatic heterocycles. The van der Waals surface area contributed by atoms with Gasteiger partial charge in [0, 0.05) is 13.0 Å². The minimum Gasteiger partial charge on any atom is -0.469 e. The third-order valence-electron chi connectivity index (χ3n) is 2.27. The van der Waals surface area contributed by atoms with Gasteiger partial charge in [-0.05, 0) is 12.0 Å². The van der Waals surface area contributed by atoms with Crippen molar-refractivity contribution in [3.63, 3.8) is 0 Å². The van der Waals surface area contributed by atoms with Gasteiger partial charge in [-0.2, -0.15) is 0 Å². The second kappa shape index (κ2) is 8.11. The molecule has 0 fully saturated rings. The summed E-state index contributed by atoms with van der Waals surface area (Å²) < 4.78 is 9.47. The van der Waals surface area contributed by atoms with Gasteiger partial charge in [-0.3, -0.25) is 4.79 Å². The van der Waals surface area contributed by atoms with Gasteiger partial charge in [0.1, 0.15) is 6.61 Å². The van der Waals surface area contributed by atoms with E-state index in [0.717, 1.165) is 5.56 Å². The average molecular weight is 251 g/mol. The van der Waals surface area contributed by atoms with Crippen LogP contribution in [0.15, 0.2) is 30.3 Å². The lowest BCUT2D eigenvalue weighted by molar-refractivity contribution is -0.140. The maximum atomic E-state index is 11.3.